The van der Waals surface area contributed by atoms with E-state index < -0.39 is 24.1 Å². The van der Waals surface area contributed by atoms with E-state index >= 15 is 0 Å². The highest BCUT2D eigenvalue weighted by atomic mass is 127. The molecule has 21 heavy (non-hydrogen) atoms. The highest BCUT2D eigenvalue weighted by Gasteiger charge is 2.35. The summed E-state index contributed by atoms with van der Waals surface area (Å²) >= 11 is 2.03. The summed E-state index contributed by atoms with van der Waals surface area (Å²) in [5.41, 5.74) is -0.503. The zero-order valence-electron chi connectivity index (χ0n) is 11.7. The van der Waals surface area contributed by atoms with E-state index in [0.717, 1.165) is 0 Å². The predicted molar refractivity (Wildman–Crippen MR) is 84.7 cm³/mol. The molecule has 1 fully saturated rings. The number of rotatable bonds is 4. The first kappa shape index (κ1) is 16.3. The van der Waals surface area contributed by atoms with Gasteiger partial charge in [0.1, 0.15) is 12.3 Å². The normalized spacial score (nSPS) is 25.7. The fourth-order valence-corrected chi connectivity index (χ4v) is 2.51. The molecule has 0 saturated carbocycles. The van der Waals surface area contributed by atoms with E-state index in [1.165, 1.54) is 4.57 Å². The molecule has 0 aromatic carbocycles. The van der Waals surface area contributed by atoms with Crippen molar-refractivity contribution in [1.82, 2.24) is 14.5 Å². The van der Waals surface area contributed by atoms with Crippen LogP contribution in [0.2, 0.25) is 0 Å². The van der Waals surface area contributed by atoms with Gasteiger partial charge in [-0.05, 0) is 22.6 Å². The predicted octanol–water partition coefficient (Wildman–Crippen LogP) is -0.290. The molecule has 3 atom stereocenters. The van der Waals surface area contributed by atoms with E-state index in [-0.39, 0.29) is 13.0 Å². The average Bonchev–Trinajstić information content (AvgIpc) is 2.80. The van der Waals surface area contributed by atoms with Gasteiger partial charge in [0.05, 0.1) is 22.6 Å². The lowest BCUT2D eigenvalue weighted by molar-refractivity contribution is -0.0459. The monoisotopic (exact) mass is 408 g/mol. The summed E-state index contributed by atoms with van der Waals surface area (Å²) in [6, 6.07) is 0. The van der Waals surface area contributed by atoms with E-state index in [1.807, 2.05) is 36.7 Å². The van der Waals surface area contributed by atoms with Crippen molar-refractivity contribution in [1.29, 1.82) is 0 Å². The Kier molecular flexibility index (Phi) is 5.30. The second-order valence-electron chi connectivity index (χ2n) is 4.93. The molecular weight excluding hydrogens is 391 g/mol. The zero-order chi connectivity index (χ0) is 15.6. The Morgan fingerprint density at radius 3 is 2.95 bits per heavy atom. The van der Waals surface area contributed by atoms with Gasteiger partial charge in [-0.2, -0.15) is 4.98 Å². The topological polar surface area (TPSA) is 100 Å². The number of hydrogen-bond acceptors (Lipinski definition) is 6. The summed E-state index contributed by atoms with van der Waals surface area (Å²) in [5.74, 6) is 0.336. The van der Waals surface area contributed by atoms with Crippen LogP contribution in [0.25, 0.3) is 0 Å². The molecule has 9 heteroatoms. The summed E-state index contributed by atoms with van der Waals surface area (Å²) < 4.78 is 7.46. The smallest absolute Gasteiger partial charge is 0.351 e. The minimum atomic E-state index is -0.795. The van der Waals surface area contributed by atoms with Gasteiger partial charge in [-0.3, -0.25) is 4.57 Å². The van der Waals surface area contributed by atoms with Crippen molar-refractivity contribution in [2.45, 2.75) is 24.9 Å². The van der Waals surface area contributed by atoms with Crippen LogP contribution in [0, 0.1) is 3.57 Å². The molecule has 2 N–H and O–H groups in total. The molecule has 1 aromatic heterocycles. The number of ether oxygens (including phenoxy) is 1. The number of halogens is 1. The van der Waals surface area contributed by atoms with E-state index in [4.69, 9.17) is 9.84 Å². The molecule has 1 unspecified atom stereocenters. The van der Waals surface area contributed by atoms with Gasteiger partial charge in [-0.25, -0.2) is 9.79 Å². The maximum Gasteiger partial charge on any atom is 0.351 e. The first-order valence-corrected chi connectivity index (χ1v) is 7.44. The van der Waals surface area contributed by atoms with Crippen molar-refractivity contribution >= 4 is 34.7 Å². The number of nitrogens with zero attached hydrogens (tertiary/aromatic N) is 4. The zero-order valence-corrected chi connectivity index (χ0v) is 13.8. The van der Waals surface area contributed by atoms with E-state index in [0.29, 0.717) is 9.39 Å². The number of hydrogen-bond donors (Lipinski definition) is 2. The summed E-state index contributed by atoms with van der Waals surface area (Å²) in [6.45, 7) is -0.290. The Bertz CT molecular complexity index is 589. The molecule has 0 amide bonds. The van der Waals surface area contributed by atoms with Crippen molar-refractivity contribution in [3.05, 3.63) is 20.3 Å². The van der Waals surface area contributed by atoms with Crippen LogP contribution < -0.4 is 5.69 Å². The van der Waals surface area contributed by atoms with Crippen LogP contribution in [0.15, 0.2) is 16.0 Å². The largest absolute Gasteiger partial charge is 0.394 e. The summed E-state index contributed by atoms with van der Waals surface area (Å²) in [7, 11) is 3.64. The van der Waals surface area contributed by atoms with Crippen molar-refractivity contribution < 1.29 is 14.9 Å². The van der Waals surface area contributed by atoms with Gasteiger partial charge in [0.15, 0.2) is 5.82 Å². The lowest BCUT2D eigenvalue weighted by Gasteiger charge is -2.15. The van der Waals surface area contributed by atoms with E-state index in [1.54, 1.807) is 17.4 Å². The third-order valence-electron chi connectivity index (χ3n) is 2.99. The molecule has 0 bridgehead atoms. The van der Waals surface area contributed by atoms with Gasteiger partial charge in [0.2, 0.25) is 0 Å². The number of aliphatic imine (C=N–C) groups is 1. The molecule has 0 aliphatic carbocycles. The van der Waals surface area contributed by atoms with Gasteiger partial charge in [0.25, 0.3) is 0 Å². The molecule has 2 rings (SSSR count). The molecule has 0 spiro atoms. The SMILES string of the molecule is CN(C)/C=N/c1nc(=O)n([C@H]2CC(O)[C@@H](CO)O2)cc1I. The Balaban J connectivity index is 2.27. The van der Waals surface area contributed by atoms with Crippen LogP contribution in [0.5, 0.6) is 0 Å². The fraction of sp³-hybridized carbons (Fsp3) is 0.583. The number of aliphatic hydroxyl groups excluding tert-OH is 2. The molecule has 1 aromatic rings. The van der Waals surface area contributed by atoms with Crippen LogP contribution in [0.3, 0.4) is 0 Å². The summed E-state index contributed by atoms with van der Waals surface area (Å²) in [6.07, 6.45) is 1.30. The van der Waals surface area contributed by atoms with E-state index in [9.17, 15) is 9.90 Å². The van der Waals surface area contributed by atoms with Crippen molar-refractivity contribution in [2.24, 2.45) is 4.99 Å². The number of aromatic nitrogens is 2. The van der Waals surface area contributed by atoms with Crippen LogP contribution in [-0.4, -0.2) is 63.9 Å². The molecule has 0 radical (unpaired) electrons. The van der Waals surface area contributed by atoms with Gasteiger partial charge >= 0.3 is 5.69 Å². The second kappa shape index (κ2) is 6.81. The van der Waals surface area contributed by atoms with Gasteiger partial charge in [0, 0.05) is 26.7 Å². The van der Waals surface area contributed by atoms with Gasteiger partial charge in [-0.15, -0.1) is 0 Å². The first-order valence-electron chi connectivity index (χ1n) is 6.36. The van der Waals surface area contributed by atoms with Crippen molar-refractivity contribution in [3.63, 3.8) is 0 Å². The van der Waals surface area contributed by atoms with Crippen LogP contribution >= 0.6 is 22.6 Å². The molecule has 116 valence electrons. The molecule has 8 nitrogen and oxygen atoms in total. The van der Waals surface area contributed by atoms with Crippen molar-refractivity contribution in [3.8, 4) is 0 Å². The number of aliphatic hydroxyl groups is 2. The van der Waals surface area contributed by atoms with Gasteiger partial charge < -0.3 is 19.8 Å². The van der Waals surface area contributed by atoms with Crippen molar-refractivity contribution in [2.75, 3.05) is 20.7 Å². The Morgan fingerprint density at radius 1 is 1.67 bits per heavy atom. The van der Waals surface area contributed by atoms with Crippen LogP contribution in [0.4, 0.5) is 5.82 Å². The molecule has 1 aliphatic heterocycles. The Labute approximate surface area is 135 Å². The van der Waals surface area contributed by atoms with Crippen LogP contribution in [0.1, 0.15) is 12.6 Å². The maximum atomic E-state index is 12.1. The van der Waals surface area contributed by atoms with Crippen LogP contribution in [-0.2, 0) is 4.74 Å². The molecule has 1 saturated heterocycles. The minimum absolute atomic E-state index is 0.239. The Hall–Kier alpha value is -1.04. The molecular formula is C12H17IN4O4. The third kappa shape index (κ3) is 3.78. The lowest BCUT2D eigenvalue weighted by atomic mass is 10.2. The maximum absolute atomic E-state index is 12.1. The lowest BCUT2D eigenvalue weighted by Crippen LogP contribution is -2.28. The summed E-state index contributed by atoms with van der Waals surface area (Å²) in [5, 5.41) is 18.8. The third-order valence-corrected chi connectivity index (χ3v) is 3.75. The Morgan fingerprint density at radius 2 is 2.38 bits per heavy atom. The quantitative estimate of drug-likeness (QED) is 0.404. The fourth-order valence-electron chi connectivity index (χ4n) is 1.95. The average molecular weight is 408 g/mol. The molecule has 1 aliphatic rings. The standard InChI is InChI=1S/C12H17IN4O4/c1-16(2)6-14-11-7(13)4-17(12(20)15-11)10-3-8(19)9(5-18)21-10/h4,6,8-10,18-19H,3,5H2,1-2H3/b14-6+/t8?,9-,10-/m1/s1. The highest BCUT2D eigenvalue weighted by molar-refractivity contribution is 14.1. The van der Waals surface area contributed by atoms with E-state index in [2.05, 4.69) is 9.98 Å². The summed E-state index contributed by atoms with van der Waals surface area (Å²) in [4.78, 5) is 21.8. The first-order chi connectivity index (χ1) is 9.92. The molecule has 2 heterocycles. The van der Waals surface area contributed by atoms with Gasteiger partial charge in [-0.1, -0.05) is 0 Å². The highest BCUT2D eigenvalue weighted by Crippen LogP contribution is 2.28. The minimum Gasteiger partial charge on any atom is -0.394 e. The second-order valence-corrected chi connectivity index (χ2v) is 6.09.